The summed E-state index contributed by atoms with van der Waals surface area (Å²) < 4.78 is 6.88. The molecule has 0 aliphatic heterocycles. The number of halogens is 2. The first-order chi connectivity index (χ1) is 10.2. The third kappa shape index (κ3) is 4.19. The van der Waals surface area contributed by atoms with Gasteiger partial charge in [-0.2, -0.15) is 0 Å². The smallest absolute Gasteiger partial charge is 0.125 e. The van der Waals surface area contributed by atoms with E-state index in [4.69, 9.17) is 16.3 Å². The second kappa shape index (κ2) is 6.77. The summed E-state index contributed by atoms with van der Waals surface area (Å²) in [6.07, 6.45) is 6.07. The standard InChI is InChI=1S/C16H16BrClN2O/c17-12-6-11(7-19-8-12)10-21-16-3-1-2-15(18)14(16)9-20-13-4-5-13/h1-3,6-8,13,20H,4-5,9-10H2. The zero-order valence-electron chi connectivity index (χ0n) is 11.5. The van der Waals surface area contributed by atoms with E-state index in [1.807, 2.05) is 24.3 Å². The Morgan fingerprint density at radius 1 is 1.33 bits per heavy atom. The summed E-state index contributed by atoms with van der Waals surface area (Å²) in [6, 6.07) is 8.42. The van der Waals surface area contributed by atoms with Crippen molar-refractivity contribution < 1.29 is 4.74 Å². The highest BCUT2D eigenvalue weighted by molar-refractivity contribution is 9.10. The van der Waals surface area contributed by atoms with Gasteiger partial charge in [0.1, 0.15) is 12.4 Å². The van der Waals surface area contributed by atoms with Gasteiger partial charge in [-0.3, -0.25) is 4.98 Å². The number of hydrogen-bond acceptors (Lipinski definition) is 3. The van der Waals surface area contributed by atoms with Crippen LogP contribution in [0.25, 0.3) is 0 Å². The largest absolute Gasteiger partial charge is 0.488 e. The lowest BCUT2D eigenvalue weighted by Crippen LogP contribution is -2.16. The lowest BCUT2D eigenvalue weighted by atomic mass is 10.2. The van der Waals surface area contributed by atoms with Gasteiger partial charge in [0, 0.05) is 45.6 Å². The molecule has 0 saturated heterocycles. The van der Waals surface area contributed by atoms with Gasteiger partial charge in [-0.15, -0.1) is 0 Å². The van der Waals surface area contributed by atoms with Crippen LogP contribution in [-0.4, -0.2) is 11.0 Å². The molecule has 2 aromatic rings. The van der Waals surface area contributed by atoms with Gasteiger partial charge < -0.3 is 10.1 Å². The number of ether oxygens (including phenoxy) is 1. The fourth-order valence-corrected chi connectivity index (χ4v) is 2.72. The second-order valence-corrected chi connectivity index (χ2v) is 6.49. The summed E-state index contributed by atoms with van der Waals surface area (Å²) in [5.41, 5.74) is 2.04. The molecule has 110 valence electrons. The Kier molecular flexibility index (Phi) is 4.78. The maximum Gasteiger partial charge on any atom is 0.125 e. The molecule has 5 heteroatoms. The lowest BCUT2D eigenvalue weighted by Gasteiger charge is -2.13. The Hall–Kier alpha value is -1.10. The van der Waals surface area contributed by atoms with Crippen molar-refractivity contribution in [3.63, 3.8) is 0 Å². The van der Waals surface area contributed by atoms with Crippen molar-refractivity contribution in [1.29, 1.82) is 0 Å². The van der Waals surface area contributed by atoms with Crippen LogP contribution in [0.3, 0.4) is 0 Å². The van der Waals surface area contributed by atoms with Crippen LogP contribution in [0, 0.1) is 0 Å². The minimum atomic E-state index is 0.475. The molecule has 1 aromatic heterocycles. The monoisotopic (exact) mass is 366 g/mol. The van der Waals surface area contributed by atoms with Crippen molar-refractivity contribution in [2.45, 2.75) is 32.0 Å². The van der Waals surface area contributed by atoms with E-state index in [2.05, 4.69) is 26.2 Å². The normalized spacial score (nSPS) is 14.2. The van der Waals surface area contributed by atoms with Crippen molar-refractivity contribution in [1.82, 2.24) is 10.3 Å². The molecular formula is C16H16BrClN2O. The van der Waals surface area contributed by atoms with Gasteiger partial charge in [0.15, 0.2) is 0 Å². The topological polar surface area (TPSA) is 34.1 Å². The molecule has 1 N–H and O–H groups in total. The molecule has 1 saturated carbocycles. The van der Waals surface area contributed by atoms with Crippen LogP contribution in [0.1, 0.15) is 24.0 Å². The summed E-state index contributed by atoms with van der Waals surface area (Å²) in [4.78, 5) is 4.14. The Bertz CT molecular complexity index is 631. The van der Waals surface area contributed by atoms with Gasteiger partial charge in [0.25, 0.3) is 0 Å². The molecule has 1 aliphatic carbocycles. The maximum absolute atomic E-state index is 6.30. The second-order valence-electron chi connectivity index (χ2n) is 5.17. The van der Waals surface area contributed by atoms with Crippen molar-refractivity contribution in [2.24, 2.45) is 0 Å². The maximum atomic E-state index is 6.30. The van der Waals surface area contributed by atoms with Gasteiger partial charge in [0.2, 0.25) is 0 Å². The van der Waals surface area contributed by atoms with Crippen LogP contribution in [0.5, 0.6) is 5.75 Å². The summed E-state index contributed by atoms with van der Waals surface area (Å²) in [5, 5.41) is 4.22. The predicted octanol–water partition coefficient (Wildman–Crippen LogP) is 4.33. The van der Waals surface area contributed by atoms with Crippen LogP contribution in [0.2, 0.25) is 5.02 Å². The molecule has 0 spiro atoms. The van der Waals surface area contributed by atoms with Crippen molar-refractivity contribution in [2.75, 3.05) is 0 Å². The highest BCUT2D eigenvalue weighted by atomic mass is 79.9. The minimum absolute atomic E-state index is 0.475. The average Bonchev–Trinajstić information content (AvgIpc) is 3.28. The summed E-state index contributed by atoms with van der Waals surface area (Å²) in [6.45, 7) is 1.22. The first-order valence-corrected chi connectivity index (χ1v) is 8.12. The van der Waals surface area contributed by atoms with E-state index in [1.54, 1.807) is 12.4 Å². The number of rotatable bonds is 6. The fraction of sp³-hybridized carbons (Fsp3) is 0.312. The number of nitrogens with one attached hydrogen (secondary N) is 1. The van der Waals surface area contributed by atoms with E-state index in [0.717, 1.165) is 32.9 Å². The molecule has 1 fully saturated rings. The van der Waals surface area contributed by atoms with Crippen LogP contribution in [0.15, 0.2) is 41.1 Å². The van der Waals surface area contributed by atoms with E-state index >= 15 is 0 Å². The van der Waals surface area contributed by atoms with Crippen molar-refractivity contribution in [3.05, 3.63) is 57.3 Å². The van der Waals surface area contributed by atoms with Gasteiger partial charge in [-0.1, -0.05) is 17.7 Å². The van der Waals surface area contributed by atoms with Crippen molar-refractivity contribution in [3.8, 4) is 5.75 Å². The quantitative estimate of drug-likeness (QED) is 0.825. The predicted molar refractivity (Wildman–Crippen MR) is 87.6 cm³/mol. The zero-order valence-corrected chi connectivity index (χ0v) is 13.8. The van der Waals surface area contributed by atoms with Crippen LogP contribution in [0.4, 0.5) is 0 Å². The molecule has 1 heterocycles. The molecule has 1 aromatic carbocycles. The SMILES string of the molecule is Clc1cccc(OCc2cncc(Br)c2)c1CNC1CC1. The van der Waals surface area contributed by atoms with Gasteiger partial charge in [-0.25, -0.2) is 0 Å². The number of benzene rings is 1. The molecular weight excluding hydrogens is 352 g/mol. The number of hydrogen-bond donors (Lipinski definition) is 1. The first kappa shape index (κ1) is 14.8. The Labute approximate surface area is 137 Å². The van der Waals surface area contributed by atoms with E-state index in [9.17, 15) is 0 Å². The van der Waals surface area contributed by atoms with Gasteiger partial charge in [-0.05, 0) is 47.0 Å². The molecule has 3 nitrogen and oxygen atoms in total. The number of aromatic nitrogens is 1. The average molecular weight is 368 g/mol. The highest BCUT2D eigenvalue weighted by Gasteiger charge is 2.21. The van der Waals surface area contributed by atoms with Crippen LogP contribution >= 0.6 is 27.5 Å². The van der Waals surface area contributed by atoms with Gasteiger partial charge in [0.05, 0.1) is 0 Å². The first-order valence-electron chi connectivity index (χ1n) is 6.95. The third-order valence-electron chi connectivity index (χ3n) is 3.38. The third-order valence-corrected chi connectivity index (χ3v) is 4.16. The molecule has 1 aliphatic rings. The molecule has 21 heavy (non-hydrogen) atoms. The van der Waals surface area contributed by atoms with E-state index < -0.39 is 0 Å². The van der Waals surface area contributed by atoms with Crippen LogP contribution in [-0.2, 0) is 13.2 Å². The lowest BCUT2D eigenvalue weighted by molar-refractivity contribution is 0.301. The van der Waals surface area contributed by atoms with E-state index in [-0.39, 0.29) is 0 Å². The molecule has 0 unspecified atom stereocenters. The Morgan fingerprint density at radius 2 is 2.19 bits per heavy atom. The van der Waals surface area contributed by atoms with Gasteiger partial charge >= 0.3 is 0 Å². The van der Waals surface area contributed by atoms with E-state index in [1.165, 1.54) is 12.8 Å². The molecule has 0 atom stereocenters. The summed E-state index contributed by atoms with van der Waals surface area (Å²) in [5.74, 6) is 0.829. The molecule has 0 radical (unpaired) electrons. The molecule has 0 amide bonds. The number of nitrogens with zero attached hydrogens (tertiary/aromatic N) is 1. The fourth-order valence-electron chi connectivity index (χ4n) is 2.08. The molecule has 3 rings (SSSR count). The van der Waals surface area contributed by atoms with Crippen LogP contribution < -0.4 is 10.1 Å². The summed E-state index contributed by atoms with van der Waals surface area (Å²) >= 11 is 9.71. The zero-order chi connectivity index (χ0) is 14.7. The Morgan fingerprint density at radius 3 is 2.95 bits per heavy atom. The number of pyridine rings is 1. The summed E-state index contributed by atoms with van der Waals surface area (Å²) in [7, 11) is 0. The minimum Gasteiger partial charge on any atom is -0.488 e. The van der Waals surface area contributed by atoms with E-state index in [0.29, 0.717) is 12.6 Å². The molecule has 0 bridgehead atoms. The van der Waals surface area contributed by atoms with Crippen molar-refractivity contribution >= 4 is 27.5 Å². The highest BCUT2D eigenvalue weighted by Crippen LogP contribution is 2.29. The Balaban J connectivity index is 1.70.